The Bertz CT molecular complexity index is 690. The molecule has 7 heteroatoms. The summed E-state index contributed by atoms with van der Waals surface area (Å²) < 4.78 is 0. The minimum Gasteiger partial charge on any atom is -0.402 e. The van der Waals surface area contributed by atoms with Gasteiger partial charge in [0.15, 0.2) is 0 Å². The first-order valence-electron chi connectivity index (χ1n) is 6.87. The molecule has 2 heterocycles. The standard InChI is InChI=1S/C15H20N6O/c1-8(2)21-14(19-10(4)17)11(9(3)16)7-12(15(21)22)13-5-6-18-20-13/h5-8H,4,16-17H2,1-3H3,(H,18,20)/b11-9-,19-14+. The number of amidine groups is 1. The zero-order valence-electron chi connectivity index (χ0n) is 12.9. The highest BCUT2D eigenvalue weighted by Crippen LogP contribution is 2.28. The Labute approximate surface area is 129 Å². The predicted molar refractivity (Wildman–Crippen MR) is 86.2 cm³/mol. The molecule has 0 aromatic carbocycles. The van der Waals surface area contributed by atoms with Crippen molar-refractivity contribution in [1.29, 1.82) is 0 Å². The topological polar surface area (TPSA) is 113 Å². The molecule has 0 saturated heterocycles. The molecular formula is C15H20N6O. The third-order valence-corrected chi connectivity index (χ3v) is 3.19. The van der Waals surface area contributed by atoms with Crippen molar-refractivity contribution in [3.63, 3.8) is 0 Å². The van der Waals surface area contributed by atoms with Crippen LogP contribution in [-0.4, -0.2) is 32.9 Å². The molecule has 116 valence electrons. The summed E-state index contributed by atoms with van der Waals surface area (Å²) in [6.45, 7) is 9.12. The van der Waals surface area contributed by atoms with Gasteiger partial charge in [-0.05, 0) is 32.9 Å². The molecule has 0 fully saturated rings. The van der Waals surface area contributed by atoms with Crippen LogP contribution in [0.5, 0.6) is 0 Å². The highest BCUT2D eigenvalue weighted by atomic mass is 16.2. The Kier molecular flexibility index (Phi) is 4.16. The number of aromatic nitrogens is 2. The average Bonchev–Trinajstić information content (AvgIpc) is 2.91. The van der Waals surface area contributed by atoms with E-state index >= 15 is 0 Å². The lowest BCUT2D eigenvalue weighted by Gasteiger charge is -2.33. The number of amides is 1. The molecule has 1 aromatic heterocycles. The van der Waals surface area contributed by atoms with Gasteiger partial charge in [0, 0.05) is 23.5 Å². The number of hydrogen-bond donors (Lipinski definition) is 3. The van der Waals surface area contributed by atoms with Crippen molar-refractivity contribution in [2.45, 2.75) is 26.8 Å². The number of aromatic amines is 1. The fourth-order valence-electron chi connectivity index (χ4n) is 2.24. The van der Waals surface area contributed by atoms with Gasteiger partial charge in [-0.3, -0.25) is 14.8 Å². The zero-order chi connectivity index (χ0) is 16.4. The lowest BCUT2D eigenvalue weighted by Crippen LogP contribution is -2.46. The van der Waals surface area contributed by atoms with E-state index in [4.69, 9.17) is 11.5 Å². The molecule has 0 spiro atoms. The number of nitrogens with zero attached hydrogens (tertiary/aromatic N) is 3. The molecule has 1 aliphatic rings. The summed E-state index contributed by atoms with van der Waals surface area (Å²) in [5.74, 6) is 0.339. The second-order valence-corrected chi connectivity index (χ2v) is 5.32. The lowest BCUT2D eigenvalue weighted by atomic mass is 9.98. The predicted octanol–water partition coefficient (Wildman–Crippen LogP) is 1.10. The van der Waals surface area contributed by atoms with Crippen molar-refractivity contribution < 1.29 is 4.79 Å². The van der Waals surface area contributed by atoms with Gasteiger partial charge < -0.3 is 11.5 Å². The Morgan fingerprint density at radius 2 is 2.14 bits per heavy atom. The van der Waals surface area contributed by atoms with Gasteiger partial charge in [-0.1, -0.05) is 6.58 Å². The molecule has 22 heavy (non-hydrogen) atoms. The summed E-state index contributed by atoms with van der Waals surface area (Å²) in [6.07, 6.45) is 3.29. The SMILES string of the molecule is C=C(N)/N=C1\C(=C(\C)N)C=C(c2ccn[nH]2)C(=O)N1C(C)C. The minimum atomic E-state index is -0.191. The highest BCUT2D eigenvalue weighted by molar-refractivity contribution is 6.31. The molecule has 7 nitrogen and oxygen atoms in total. The van der Waals surface area contributed by atoms with Crippen LogP contribution in [0.3, 0.4) is 0 Å². The molecule has 2 rings (SSSR count). The van der Waals surface area contributed by atoms with E-state index in [2.05, 4.69) is 21.8 Å². The Morgan fingerprint density at radius 3 is 2.59 bits per heavy atom. The van der Waals surface area contributed by atoms with Gasteiger partial charge in [0.1, 0.15) is 11.7 Å². The maximum Gasteiger partial charge on any atom is 0.261 e. The number of carbonyl (C=O) groups is 1. The number of nitrogens with one attached hydrogen (secondary N) is 1. The number of rotatable bonds is 3. The molecule has 0 atom stereocenters. The van der Waals surface area contributed by atoms with Gasteiger partial charge in [-0.2, -0.15) is 5.10 Å². The first kappa shape index (κ1) is 15.6. The number of carbonyl (C=O) groups excluding carboxylic acids is 1. The summed E-state index contributed by atoms with van der Waals surface area (Å²) in [5, 5.41) is 6.69. The van der Waals surface area contributed by atoms with E-state index in [1.54, 1.807) is 30.2 Å². The van der Waals surface area contributed by atoms with Crippen molar-refractivity contribution >= 4 is 17.3 Å². The zero-order valence-corrected chi connectivity index (χ0v) is 12.9. The van der Waals surface area contributed by atoms with Gasteiger partial charge >= 0.3 is 0 Å². The summed E-state index contributed by atoms with van der Waals surface area (Å²) in [5.41, 5.74) is 13.9. The summed E-state index contributed by atoms with van der Waals surface area (Å²) in [7, 11) is 0. The van der Waals surface area contributed by atoms with Crippen molar-refractivity contribution in [2.75, 3.05) is 0 Å². The molecule has 0 saturated carbocycles. The first-order valence-corrected chi connectivity index (χ1v) is 6.87. The van der Waals surface area contributed by atoms with E-state index in [0.717, 1.165) is 0 Å². The molecule has 0 bridgehead atoms. The number of aliphatic imine (C=N–C) groups is 1. The molecule has 1 aliphatic heterocycles. The van der Waals surface area contributed by atoms with Gasteiger partial charge in [0.2, 0.25) is 0 Å². The second-order valence-electron chi connectivity index (χ2n) is 5.32. The van der Waals surface area contributed by atoms with Gasteiger partial charge in [0.05, 0.1) is 11.3 Å². The van der Waals surface area contributed by atoms with E-state index in [1.807, 2.05) is 13.8 Å². The van der Waals surface area contributed by atoms with Crippen LogP contribution in [0.4, 0.5) is 0 Å². The van der Waals surface area contributed by atoms with Gasteiger partial charge in [0.25, 0.3) is 5.91 Å². The van der Waals surface area contributed by atoms with Crippen LogP contribution in [0, 0.1) is 0 Å². The quantitative estimate of drug-likeness (QED) is 0.775. The van der Waals surface area contributed by atoms with E-state index in [9.17, 15) is 4.79 Å². The number of hydrogen-bond acceptors (Lipinski definition) is 5. The highest BCUT2D eigenvalue weighted by Gasteiger charge is 2.33. The monoisotopic (exact) mass is 300 g/mol. The molecule has 0 unspecified atom stereocenters. The van der Waals surface area contributed by atoms with Crippen molar-refractivity contribution in [2.24, 2.45) is 16.5 Å². The van der Waals surface area contributed by atoms with Crippen molar-refractivity contribution in [3.8, 4) is 0 Å². The molecule has 0 aliphatic carbocycles. The van der Waals surface area contributed by atoms with Crippen LogP contribution in [0.1, 0.15) is 26.5 Å². The maximum absolute atomic E-state index is 12.8. The fourth-order valence-corrected chi connectivity index (χ4v) is 2.24. The van der Waals surface area contributed by atoms with Crippen molar-refractivity contribution in [1.82, 2.24) is 15.1 Å². The Balaban J connectivity index is 2.70. The van der Waals surface area contributed by atoms with E-state index in [1.165, 1.54) is 0 Å². The van der Waals surface area contributed by atoms with Gasteiger partial charge in [-0.25, -0.2) is 4.99 Å². The summed E-state index contributed by atoms with van der Waals surface area (Å²) >= 11 is 0. The Hall–Kier alpha value is -2.83. The molecule has 1 aromatic rings. The van der Waals surface area contributed by atoms with Crippen molar-refractivity contribution in [3.05, 3.63) is 47.7 Å². The molecule has 0 radical (unpaired) electrons. The maximum atomic E-state index is 12.8. The van der Waals surface area contributed by atoms with E-state index in [0.29, 0.717) is 28.4 Å². The molecular weight excluding hydrogens is 280 g/mol. The minimum absolute atomic E-state index is 0.116. The summed E-state index contributed by atoms with van der Waals surface area (Å²) in [4.78, 5) is 18.6. The fraction of sp³-hybridized carbons (Fsp3) is 0.267. The third kappa shape index (κ3) is 2.78. The van der Waals surface area contributed by atoms with E-state index < -0.39 is 0 Å². The normalized spacial score (nSPS) is 19.6. The van der Waals surface area contributed by atoms with Crippen LogP contribution >= 0.6 is 0 Å². The molecule has 5 N–H and O–H groups in total. The smallest absolute Gasteiger partial charge is 0.261 e. The van der Waals surface area contributed by atoms with Crippen LogP contribution < -0.4 is 11.5 Å². The first-order chi connectivity index (χ1) is 10.3. The average molecular weight is 300 g/mol. The Morgan fingerprint density at radius 1 is 1.45 bits per heavy atom. The van der Waals surface area contributed by atoms with Crippen LogP contribution in [-0.2, 0) is 4.79 Å². The largest absolute Gasteiger partial charge is 0.402 e. The number of H-pyrrole nitrogens is 1. The van der Waals surface area contributed by atoms with E-state index in [-0.39, 0.29) is 17.8 Å². The van der Waals surface area contributed by atoms with Crippen LogP contribution in [0.2, 0.25) is 0 Å². The van der Waals surface area contributed by atoms with Crippen LogP contribution in [0.25, 0.3) is 5.57 Å². The van der Waals surface area contributed by atoms with Crippen LogP contribution in [0.15, 0.2) is 47.0 Å². The molecule has 1 amide bonds. The summed E-state index contributed by atoms with van der Waals surface area (Å²) in [6, 6.07) is 1.61. The second kappa shape index (κ2) is 5.88. The third-order valence-electron chi connectivity index (χ3n) is 3.19. The number of nitrogens with two attached hydrogens (primary N) is 2. The number of allylic oxidation sites excluding steroid dienone is 1. The van der Waals surface area contributed by atoms with Gasteiger partial charge in [-0.15, -0.1) is 0 Å². The lowest BCUT2D eigenvalue weighted by molar-refractivity contribution is -0.122.